The van der Waals surface area contributed by atoms with Gasteiger partial charge in [0.15, 0.2) is 0 Å². The highest BCUT2D eigenvalue weighted by atomic mass is 35.7. The first-order valence-electron chi connectivity index (χ1n) is 3.62. The van der Waals surface area contributed by atoms with E-state index < -0.39 is 7.42 Å². The monoisotopic (exact) mass is 193 g/mol. The van der Waals surface area contributed by atoms with Crippen LogP contribution in [0, 0.1) is 5.92 Å². The maximum Gasteiger partial charge on any atom is 0.274 e. The van der Waals surface area contributed by atoms with Crippen LogP contribution in [0.1, 0.15) is 19.3 Å². The molecule has 57 valence electrons. The lowest BCUT2D eigenvalue weighted by Gasteiger charge is -2.14. The average molecular weight is 194 g/mol. The summed E-state index contributed by atoms with van der Waals surface area (Å²) in [5.41, 5.74) is 0. The zero-order valence-electron chi connectivity index (χ0n) is 5.82. The van der Waals surface area contributed by atoms with Crippen molar-refractivity contribution in [1.82, 2.24) is 0 Å². The van der Waals surface area contributed by atoms with Gasteiger partial charge < -0.3 is 0 Å². The predicted octanol–water partition coefficient (Wildman–Crippen LogP) is 3.31. The van der Waals surface area contributed by atoms with Crippen LogP contribution in [0.15, 0.2) is 12.2 Å². The molecule has 0 fully saturated rings. The van der Waals surface area contributed by atoms with Crippen LogP contribution in [-0.2, 0) is 0 Å². The van der Waals surface area contributed by atoms with Crippen molar-refractivity contribution < 1.29 is 0 Å². The Labute approximate surface area is 73.2 Å². The van der Waals surface area contributed by atoms with Gasteiger partial charge in [-0.3, -0.25) is 0 Å². The zero-order chi connectivity index (χ0) is 7.40. The first-order chi connectivity index (χ1) is 4.79. The lowest BCUT2D eigenvalue weighted by molar-refractivity contribution is 0.583. The lowest BCUT2D eigenvalue weighted by atomic mass is 9.98. The van der Waals surface area contributed by atoms with Gasteiger partial charge in [0, 0.05) is 0 Å². The van der Waals surface area contributed by atoms with Crippen LogP contribution in [0.4, 0.5) is 0 Å². The summed E-state index contributed by atoms with van der Waals surface area (Å²) in [5.74, 6) is 0.678. The van der Waals surface area contributed by atoms with Crippen molar-refractivity contribution >= 4 is 29.6 Å². The Bertz CT molecular complexity index is 123. The van der Waals surface area contributed by atoms with Crippen LogP contribution >= 0.6 is 22.2 Å². The third-order valence-corrected chi connectivity index (χ3v) is 3.53. The molecule has 0 nitrogen and oxygen atoms in total. The number of hydrogen-bond donors (Lipinski definition) is 0. The molecule has 0 N–H and O–H groups in total. The Balaban J connectivity index is 2.26. The van der Waals surface area contributed by atoms with Crippen molar-refractivity contribution in [3.8, 4) is 0 Å². The maximum absolute atomic E-state index is 5.74. The second kappa shape index (κ2) is 4.42. The molecule has 0 bridgehead atoms. The van der Waals surface area contributed by atoms with Crippen molar-refractivity contribution in [2.24, 2.45) is 5.92 Å². The van der Waals surface area contributed by atoms with E-state index in [2.05, 4.69) is 12.2 Å². The molecule has 0 saturated carbocycles. The molecule has 1 aliphatic rings. The van der Waals surface area contributed by atoms with Gasteiger partial charge in [0.25, 0.3) is 7.42 Å². The summed E-state index contributed by atoms with van der Waals surface area (Å²) in [7, 11) is -1.04. The summed E-state index contributed by atoms with van der Waals surface area (Å²) in [6, 6.07) is 1.02. The summed E-state index contributed by atoms with van der Waals surface area (Å²) in [5, 5.41) is 0. The average Bonchev–Trinajstić information content (AvgIpc) is 1.88. The third-order valence-electron chi connectivity index (χ3n) is 1.77. The maximum atomic E-state index is 5.74. The highest BCUT2D eigenvalue weighted by molar-refractivity contribution is 7.33. The van der Waals surface area contributed by atoms with Gasteiger partial charge in [0.05, 0.1) is 0 Å². The molecule has 0 saturated heterocycles. The number of halogens is 2. The van der Waals surface area contributed by atoms with Crippen molar-refractivity contribution in [3.05, 3.63) is 12.2 Å². The second-order valence-corrected chi connectivity index (χ2v) is 7.07. The van der Waals surface area contributed by atoms with Gasteiger partial charge in [0.1, 0.15) is 0 Å². The van der Waals surface area contributed by atoms with Crippen LogP contribution in [0.3, 0.4) is 0 Å². The van der Waals surface area contributed by atoms with Gasteiger partial charge in [-0.25, -0.2) is 0 Å². The summed E-state index contributed by atoms with van der Waals surface area (Å²) >= 11 is 11.5. The molecule has 1 unspecified atom stereocenters. The Hall–Kier alpha value is 0.537. The molecular formula is C7H11Cl2Si. The molecular weight excluding hydrogens is 183 g/mol. The summed E-state index contributed by atoms with van der Waals surface area (Å²) in [6.45, 7) is 0. The van der Waals surface area contributed by atoms with Crippen LogP contribution in [0.2, 0.25) is 6.04 Å². The van der Waals surface area contributed by atoms with Crippen molar-refractivity contribution in [1.29, 1.82) is 0 Å². The SMILES string of the molecule is Cl[Si](Cl)CC1C=CCCC1. The third kappa shape index (κ3) is 3.09. The van der Waals surface area contributed by atoms with Crippen molar-refractivity contribution in [3.63, 3.8) is 0 Å². The smallest absolute Gasteiger partial charge is 0.147 e. The minimum absolute atomic E-state index is 0.678. The molecule has 0 aromatic heterocycles. The van der Waals surface area contributed by atoms with Gasteiger partial charge >= 0.3 is 0 Å². The Morgan fingerprint density at radius 1 is 1.50 bits per heavy atom. The van der Waals surface area contributed by atoms with Gasteiger partial charge in [-0.15, -0.1) is 22.2 Å². The van der Waals surface area contributed by atoms with E-state index in [1.54, 1.807) is 0 Å². The van der Waals surface area contributed by atoms with Gasteiger partial charge in [-0.2, -0.15) is 0 Å². The van der Waals surface area contributed by atoms with E-state index in [0.29, 0.717) is 5.92 Å². The molecule has 0 spiro atoms. The zero-order valence-corrected chi connectivity index (χ0v) is 8.33. The fourth-order valence-electron chi connectivity index (χ4n) is 1.25. The molecule has 1 radical (unpaired) electrons. The highest BCUT2D eigenvalue weighted by Crippen LogP contribution is 2.23. The standard InChI is InChI=1S/C7H11Cl2Si/c8-10(9)6-7-4-2-1-3-5-7/h2,4,7H,1,3,5-6H2. The van der Waals surface area contributed by atoms with E-state index in [1.165, 1.54) is 19.3 Å². The number of rotatable bonds is 2. The van der Waals surface area contributed by atoms with E-state index in [9.17, 15) is 0 Å². The van der Waals surface area contributed by atoms with Crippen LogP contribution in [-0.4, -0.2) is 7.42 Å². The van der Waals surface area contributed by atoms with Crippen LogP contribution in [0.25, 0.3) is 0 Å². The van der Waals surface area contributed by atoms with E-state index in [4.69, 9.17) is 22.2 Å². The second-order valence-electron chi connectivity index (χ2n) is 2.66. The Morgan fingerprint density at radius 2 is 2.30 bits per heavy atom. The van der Waals surface area contributed by atoms with Gasteiger partial charge in [-0.05, 0) is 31.2 Å². The molecule has 0 aliphatic heterocycles. The van der Waals surface area contributed by atoms with Gasteiger partial charge in [0.2, 0.25) is 0 Å². The predicted molar refractivity (Wildman–Crippen MR) is 48.7 cm³/mol. The molecule has 1 atom stereocenters. The molecule has 0 heterocycles. The quantitative estimate of drug-likeness (QED) is 0.359. The fraction of sp³-hybridized carbons (Fsp3) is 0.714. The lowest BCUT2D eigenvalue weighted by Crippen LogP contribution is -2.06. The summed E-state index contributed by atoms with van der Waals surface area (Å²) in [6.07, 6.45) is 8.34. The van der Waals surface area contributed by atoms with E-state index in [0.717, 1.165) is 6.04 Å². The normalized spacial score (nSPS) is 25.7. The van der Waals surface area contributed by atoms with E-state index >= 15 is 0 Å². The molecule has 1 rings (SSSR count). The summed E-state index contributed by atoms with van der Waals surface area (Å²) in [4.78, 5) is 0. The van der Waals surface area contributed by atoms with E-state index in [1.807, 2.05) is 0 Å². The topological polar surface area (TPSA) is 0 Å². The van der Waals surface area contributed by atoms with Gasteiger partial charge in [-0.1, -0.05) is 12.2 Å². The first kappa shape index (κ1) is 8.63. The van der Waals surface area contributed by atoms with Crippen LogP contribution in [0.5, 0.6) is 0 Å². The molecule has 10 heavy (non-hydrogen) atoms. The highest BCUT2D eigenvalue weighted by Gasteiger charge is 2.13. The largest absolute Gasteiger partial charge is 0.274 e. The minimum Gasteiger partial charge on any atom is -0.147 e. The van der Waals surface area contributed by atoms with Crippen LogP contribution < -0.4 is 0 Å². The molecule has 0 aromatic rings. The molecule has 1 aliphatic carbocycles. The van der Waals surface area contributed by atoms with E-state index in [-0.39, 0.29) is 0 Å². The molecule has 0 aromatic carbocycles. The Morgan fingerprint density at radius 3 is 2.80 bits per heavy atom. The fourth-order valence-corrected chi connectivity index (χ4v) is 3.18. The van der Waals surface area contributed by atoms with Crippen molar-refractivity contribution in [2.75, 3.05) is 0 Å². The Kier molecular flexibility index (Phi) is 3.82. The first-order valence-corrected chi connectivity index (χ1v) is 7.35. The molecule has 0 amide bonds. The summed E-state index contributed by atoms with van der Waals surface area (Å²) < 4.78 is 0. The minimum atomic E-state index is -1.04. The molecule has 3 heteroatoms. The van der Waals surface area contributed by atoms with Crippen molar-refractivity contribution in [2.45, 2.75) is 25.3 Å². The number of hydrogen-bond acceptors (Lipinski definition) is 0. The number of allylic oxidation sites excluding steroid dienone is 2.